The molecular formula is C26H28ClF3N4O4. The summed E-state index contributed by atoms with van der Waals surface area (Å²) in [5.41, 5.74) is -1.75. The number of carbonyl (C=O) groups is 1. The average Bonchev–Trinajstić information content (AvgIpc) is 2.87. The van der Waals surface area contributed by atoms with Crippen LogP contribution in [0.5, 0.6) is 5.88 Å². The maximum atomic E-state index is 13.2. The number of halogens is 4. The zero-order valence-electron chi connectivity index (χ0n) is 21.2. The van der Waals surface area contributed by atoms with Crippen LogP contribution in [0.3, 0.4) is 0 Å². The normalized spacial score (nSPS) is 12.0. The molecule has 0 saturated carbocycles. The van der Waals surface area contributed by atoms with E-state index in [4.69, 9.17) is 21.1 Å². The van der Waals surface area contributed by atoms with Crippen LogP contribution in [-0.2, 0) is 16.0 Å². The smallest absolute Gasteiger partial charge is 0.400 e. The Morgan fingerprint density at radius 1 is 1.08 bits per heavy atom. The summed E-state index contributed by atoms with van der Waals surface area (Å²) in [6.45, 7) is 2.87. The molecule has 0 aliphatic rings. The fraction of sp³-hybridized carbons (Fsp3) is 0.423. The predicted octanol–water partition coefficient (Wildman–Crippen LogP) is 5.44. The lowest BCUT2D eigenvalue weighted by molar-refractivity contribution is -0.210. The van der Waals surface area contributed by atoms with Crippen molar-refractivity contribution in [3.05, 3.63) is 57.6 Å². The number of hydrogen-bond donors (Lipinski definition) is 1. The summed E-state index contributed by atoms with van der Waals surface area (Å²) < 4.78 is 50.1. The van der Waals surface area contributed by atoms with E-state index >= 15 is 0 Å². The summed E-state index contributed by atoms with van der Waals surface area (Å²) in [5.74, 6) is -0.289. The molecule has 204 valence electrons. The quantitative estimate of drug-likeness (QED) is 0.298. The number of nitrogens with zero attached hydrogens (tertiary/aromatic N) is 3. The van der Waals surface area contributed by atoms with Crippen molar-refractivity contribution in [2.75, 3.05) is 20.3 Å². The first-order chi connectivity index (χ1) is 17.9. The van der Waals surface area contributed by atoms with Gasteiger partial charge in [-0.05, 0) is 56.9 Å². The van der Waals surface area contributed by atoms with Gasteiger partial charge in [0.25, 0.3) is 0 Å². The Morgan fingerprint density at radius 2 is 1.82 bits per heavy atom. The Labute approximate surface area is 222 Å². The first kappa shape index (κ1) is 29.2. The molecule has 0 amide bonds. The Hall–Kier alpha value is -3.31. The number of alkyl halides is 3. The molecule has 12 heteroatoms. The minimum atomic E-state index is -4.64. The number of ether oxygens (including phenoxy) is 2. The molecule has 0 fully saturated rings. The third-order valence-electron chi connectivity index (χ3n) is 5.97. The first-order valence-electron chi connectivity index (χ1n) is 11.9. The molecule has 0 radical (unpaired) electrons. The molecule has 2 heterocycles. The first-order valence-corrected chi connectivity index (χ1v) is 12.3. The van der Waals surface area contributed by atoms with E-state index in [1.165, 1.54) is 12.3 Å². The van der Waals surface area contributed by atoms with E-state index in [-0.39, 0.29) is 29.5 Å². The van der Waals surface area contributed by atoms with Crippen molar-refractivity contribution < 1.29 is 27.4 Å². The monoisotopic (exact) mass is 552 g/mol. The number of pyridine rings is 1. The highest BCUT2D eigenvalue weighted by molar-refractivity contribution is 6.33. The van der Waals surface area contributed by atoms with Gasteiger partial charge in [-0.15, -0.1) is 0 Å². The Morgan fingerprint density at radius 3 is 2.47 bits per heavy atom. The number of unbranched alkanes of at least 4 members (excludes halogenated alkanes) is 1. The number of carbonyl (C=O) groups excluding carboxylic acids is 1. The van der Waals surface area contributed by atoms with Crippen LogP contribution in [0.15, 0.2) is 41.3 Å². The molecule has 0 aliphatic heterocycles. The van der Waals surface area contributed by atoms with Crippen LogP contribution in [0.25, 0.3) is 22.8 Å². The molecule has 8 nitrogen and oxygen atoms in total. The standard InChI is InChI=1S/C26H28ClF3N4O4/c1-25(2,26(28,29)30)20(35)10-7-16-6-9-19(27)18(14-16)23-32-22(33-24(36)34-23)17-8-11-21(31-15-17)38-13-5-4-12-37-3/h6,8-9,11,14-15H,4-5,7,10,12-13H2,1-3H3,(H,32,33,34,36). The van der Waals surface area contributed by atoms with Gasteiger partial charge in [-0.25, -0.2) is 14.8 Å². The summed E-state index contributed by atoms with van der Waals surface area (Å²) in [4.78, 5) is 39.6. The SMILES string of the molecule is COCCCCOc1ccc(-c2nc(-c3cc(CCC(=O)C(C)(C)C(F)(F)F)ccc3Cl)[nH]c(=O)n2)cn1. The van der Waals surface area contributed by atoms with Crippen LogP contribution in [0.4, 0.5) is 13.2 Å². The number of hydrogen-bond acceptors (Lipinski definition) is 7. The van der Waals surface area contributed by atoms with Crippen LogP contribution in [0.1, 0.15) is 38.7 Å². The molecule has 3 rings (SSSR count). The molecule has 0 saturated heterocycles. The lowest BCUT2D eigenvalue weighted by Crippen LogP contribution is -2.39. The topological polar surface area (TPSA) is 107 Å². The van der Waals surface area contributed by atoms with Crippen LogP contribution in [0, 0.1) is 5.41 Å². The molecule has 0 bridgehead atoms. The number of ketones is 1. The fourth-order valence-electron chi connectivity index (χ4n) is 3.40. The second-order valence-electron chi connectivity index (χ2n) is 9.12. The summed E-state index contributed by atoms with van der Waals surface area (Å²) in [6.07, 6.45) is -1.74. The second kappa shape index (κ2) is 12.5. The number of methoxy groups -OCH3 is 1. The maximum Gasteiger partial charge on any atom is 0.400 e. The summed E-state index contributed by atoms with van der Waals surface area (Å²) >= 11 is 6.34. The molecule has 38 heavy (non-hydrogen) atoms. The summed E-state index contributed by atoms with van der Waals surface area (Å²) in [5, 5.41) is 0.256. The third kappa shape index (κ3) is 7.38. The Kier molecular flexibility index (Phi) is 9.61. The molecule has 3 aromatic rings. The Bertz CT molecular complexity index is 1310. The third-order valence-corrected chi connectivity index (χ3v) is 6.30. The van der Waals surface area contributed by atoms with Gasteiger partial charge in [0.05, 0.1) is 11.6 Å². The molecule has 0 atom stereocenters. The number of aromatic nitrogens is 4. The summed E-state index contributed by atoms with van der Waals surface area (Å²) in [7, 11) is 1.64. The number of H-pyrrole nitrogens is 1. The van der Waals surface area contributed by atoms with Crippen molar-refractivity contribution in [1.29, 1.82) is 0 Å². The van der Waals surface area contributed by atoms with Gasteiger partial charge in [0, 0.05) is 43.5 Å². The zero-order valence-corrected chi connectivity index (χ0v) is 21.9. The van der Waals surface area contributed by atoms with Gasteiger partial charge in [-0.2, -0.15) is 18.2 Å². The summed E-state index contributed by atoms with van der Waals surface area (Å²) in [6, 6.07) is 8.03. The van der Waals surface area contributed by atoms with Crippen LogP contribution in [-0.4, -0.2) is 52.2 Å². The predicted molar refractivity (Wildman–Crippen MR) is 136 cm³/mol. The average molecular weight is 553 g/mol. The van der Waals surface area contributed by atoms with Gasteiger partial charge in [-0.3, -0.25) is 9.78 Å². The number of benzene rings is 1. The molecule has 2 aromatic heterocycles. The van der Waals surface area contributed by atoms with E-state index in [0.717, 1.165) is 26.7 Å². The van der Waals surface area contributed by atoms with Gasteiger partial charge in [-0.1, -0.05) is 17.7 Å². The molecule has 0 unspecified atom stereocenters. The van der Waals surface area contributed by atoms with Gasteiger partial charge < -0.3 is 9.47 Å². The lowest BCUT2D eigenvalue weighted by Gasteiger charge is -2.26. The number of aromatic amines is 1. The minimum absolute atomic E-state index is 0.0571. The van der Waals surface area contributed by atoms with Gasteiger partial charge in [0.15, 0.2) is 5.82 Å². The van der Waals surface area contributed by atoms with E-state index in [9.17, 15) is 22.8 Å². The van der Waals surface area contributed by atoms with E-state index in [0.29, 0.717) is 35.8 Å². The van der Waals surface area contributed by atoms with Gasteiger partial charge in [0.1, 0.15) is 17.0 Å². The highest BCUT2D eigenvalue weighted by Gasteiger charge is 2.51. The van der Waals surface area contributed by atoms with Crippen molar-refractivity contribution in [1.82, 2.24) is 19.9 Å². The molecule has 0 spiro atoms. The van der Waals surface area contributed by atoms with Crippen LogP contribution in [0.2, 0.25) is 5.02 Å². The largest absolute Gasteiger partial charge is 0.478 e. The second-order valence-corrected chi connectivity index (χ2v) is 9.53. The van der Waals surface area contributed by atoms with E-state index in [1.54, 1.807) is 31.4 Å². The molecule has 1 N–H and O–H groups in total. The van der Waals surface area contributed by atoms with E-state index < -0.39 is 23.1 Å². The molecular weight excluding hydrogens is 525 g/mol. The highest BCUT2D eigenvalue weighted by atomic mass is 35.5. The highest BCUT2D eigenvalue weighted by Crippen LogP contribution is 2.39. The van der Waals surface area contributed by atoms with E-state index in [1.807, 2.05) is 0 Å². The molecule has 0 aliphatic carbocycles. The minimum Gasteiger partial charge on any atom is -0.478 e. The van der Waals surface area contributed by atoms with Crippen molar-refractivity contribution >= 4 is 17.4 Å². The Balaban J connectivity index is 1.78. The van der Waals surface area contributed by atoms with Crippen molar-refractivity contribution in [2.45, 2.75) is 45.7 Å². The van der Waals surface area contributed by atoms with Crippen molar-refractivity contribution in [3.8, 4) is 28.7 Å². The van der Waals surface area contributed by atoms with E-state index in [2.05, 4.69) is 19.9 Å². The number of nitrogens with one attached hydrogen (secondary N) is 1. The number of rotatable bonds is 12. The maximum absolute atomic E-state index is 13.2. The fourth-order valence-corrected chi connectivity index (χ4v) is 3.61. The number of Topliss-reactive ketones (excluding diaryl/α,β-unsaturated/α-hetero) is 1. The zero-order chi connectivity index (χ0) is 27.9. The number of aryl methyl sites for hydroxylation is 1. The van der Waals surface area contributed by atoms with Crippen molar-refractivity contribution in [2.24, 2.45) is 5.41 Å². The van der Waals surface area contributed by atoms with Crippen LogP contribution >= 0.6 is 11.6 Å². The van der Waals surface area contributed by atoms with Crippen molar-refractivity contribution in [3.63, 3.8) is 0 Å². The van der Waals surface area contributed by atoms with Crippen LogP contribution < -0.4 is 10.4 Å². The molecule has 1 aromatic carbocycles. The van der Waals surface area contributed by atoms with Gasteiger partial charge >= 0.3 is 11.9 Å². The van der Waals surface area contributed by atoms with Gasteiger partial charge in [0.2, 0.25) is 5.88 Å². The lowest BCUT2D eigenvalue weighted by atomic mass is 9.84.